The number of aromatic amines is 1. The summed E-state index contributed by atoms with van der Waals surface area (Å²) < 4.78 is 38.1. The summed E-state index contributed by atoms with van der Waals surface area (Å²) in [5, 5.41) is 13.1. The first-order valence-electron chi connectivity index (χ1n) is 10.5. The Morgan fingerprint density at radius 1 is 1.16 bits per heavy atom. The van der Waals surface area contributed by atoms with Crippen molar-refractivity contribution in [3.63, 3.8) is 0 Å². The minimum absolute atomic E-state index is 0.0437. The molecule has 1 amide bonds. The topological polar surface area (TPSA) is 104 Å². The van der Waals surface area contributed by atoms with Crippen molar-refractivity contribution in [2.24, 2.45) is 0 Å². The molecule has 166 valence electrons. The number of amides is 1. The van der Waals surface area contributed by atoms with Gasteiger partial charge in [-0.1, -0.05) is 0 Å². The first kappa shape index (κ1) is 20.0. The highest BCUT2D eigenvalue weighted by Crippen LogP contribution is 2.36. The van der Waals surface area contributed by atoms with Gasteiger partial charge in [-0.25, -0.2) is 18.6 Å². The monoisotopic (exact) mass is 434 g/mol. The maximum absolute atomic E-state index is 13.4. The number of carbonyl (C=O) groups excluding carboxylic acids is 1. The number of rotatable bonds is 1. The number of anilines is 3. The number of hydrogen-bond acceptors (Lipinski definition) is 7. The number of alkyl carbamates (subject to hydrolysis) is 1. The van der Waals surface area contributed by atoms with Crippen molar-refractivity contribution in [3.8, 4) is 0 Å². The number of halogens is 2. The smallest absolute Gasteiger partial charge is 0.407 e. The Labute approximate surface area is 177 Å². The van der Waals surface area contributed by atoms with Gasteiger partial charge >= 0.3 is 6.09 Å². The minimum Gasteiger partial charge on any atom is -0.446 e. The van der Waals surface area contributed by atoms with Gasteiger partial charge in [0, 0.05) is 49.1 Å². The van der Waals surface area contributed by atoms with E-state index < -0.39 is 12.5 Å². The highest BCUT2D eigenvalue weighted by Gasteiger charge is 2.31. The molecule has 1 saturated carbocycles. The molecule has 4 aliphatic rings. The highest BCUT2D eigenvalue weighted by molar-refractivity contribution is 5.67. The first-order valence-corrected chi connectivity index (χ1v) is 10.5. The fourth-order valence-corrected chi connectivity index (χ4v) is 4.27. The number of alkyl halides is 2. The lowest BCUT2D eigenvalue weighted by atomic mass is 10.0. The Bertz CT molecular complexity index is 949. The second kappa shape index (κ2) is 8.29. The number of fused-ring (bicyclic) bond motifs is 5. The zero-order valence-electron chi connectivity index (χ0n) is 16.8. The molecule has 2 aromatic rings. The molecule has 3 aliphatic heterocycles. The molecule has 0 unspecified atom stereocenters. The van der Waals surface area contributed by atoms with E-state index in [9.17, 15) is 13.6 Å². The van der Waals surface area contributed by atoms with E-state index >= 15 is 0 Å². The highest BCUT2D eigenvalue weighted by atomic mass is 19.3. The summed E-state index contributed by atoms with van der Waals surface area (Å²) in [7, 11) is 0. The molecule has 3 N–H and O–H groups in total. The summed E-state index contributed by atoms with van der Waals surface area (Å²) in [5.41, 5.74) is 1.14. The van der Waals surface area contributed by atoms with E-state index in [1.807, 2.05) is 11.0 Å². The Hall–Kier alpha value is -2.95. The fourth-order valence-electron chi connectivity index (χ4n) is 4.27. The van der Waals surface area contributed by atoms with Crippen molar-refractivity contribution in [2.45, 2.75) is 43.8 Å². The second-order valence-electron chi connectivity index (χ2n) is 8.13. The standard InChI is InChI=1S/C20H24F2N6O3/c21-19(22)16-6-12-7-18(25-16)28-9-14(10-28)30-4-3-23-20(29)31-13-2-1-11(5-13)15-8-17(24-12)27-26-15/h6-8,11,13-14,19H,1-5,9-10H2,(H,23,29)(H2,24,26,27)/t11-,13+/m0/s1. The van der Waals surface area contributed by atoms with Crippen LogP contribution in [0, 0.1) is 0 Å². The molecule has 31 heavy (non-hydrogen) atoms. The maximum atomic E-state index is 13.4. The van der Waals surface area contributed by atoms with Crippen LogP contribution >= 0.6 is 0 Å². The van der Waals surface area contributed by atoms with Crippen molar-refractivity contribution in [2.75, 3.05) is 36.5 Å². The molecule has 2 fully saturated rings. The van der Waals surface area contributed by atoms with E-state index in [4.69, 9.17) is 9.47 Å². The zero-order valence-corrected chi connectivity index (χ0v) is 16.8. The van der Waals surface area contributed by atoms with Gasteiger partial charge in [0.1, 0.15) is 17.6 Å². The quantitative estimate of drug-likeness (QED) is 0.634. The average molecular weight is 434 g/mol. The number of pyridine rings is 1. The molecule has 9 nitrogen and oxygen atoms in total. The predicted octanol–water partition coefficient (Wildman–Crippen LogP) is 3.07. The van der Waals surface area contributed by atoms with Gasteiger partial charge in [-0.2, -0.15) is 5.10 Å². The van der Waals surface area contributed by atoms with Crippen molar-refractivity contribution in [1.82, 2.24) is 20.5 Å². The number of nitrogens with one attached hydrogen (secondary N) is 3. The molecule has 2 atom stereocenters. The van der Waals surface area contributed by atoms with E-state index in [0.29, 0.717) is 50.0 Å². The van der Waals surface area contributed by atoms with Gasteiger partial charge in [-0.3, -0.25) is 5.10 Å². The largest absolute Gasteiger partial charge is 0.446 e. The third-order valence-electron chi connectivity index (χ3n) is 5.92. The minimum atomic E-state index is -2.68. The summed E-state index contributed by atoms with van der Waals surface area (Å²) in [4.78, 5) is 18.0. The van der Waals surface area contributed by atoms with Crippen LogP contribution in [0.2, 0.25) is 0 Å². The van der Waals surface area contributed by atoms with Gasteiger partial charge in [0.25, 0.3) is 6.43 Å². The Morgan fingerprint density at radius 2 is 2.03 bits per heavy atom. The number of ether oxygens (including phenoxy) is 2. The maximum Gasteiger partial charge on any atom is 0.407 e. The lowest BCUT2D eigenvalue weighted by Crippen LogP contribution is -2.53. The molecular formula is C20H24F2N6O3. The van der Waals surface area contributed by atoms with Gasteiger partial charge in [0.15, 0.2) is 5.82 Å². The van der Waals surface area contributed by atoms with Crippen LogP contribution in [0.5, 0.6) is 0 Å². The average Bonchev–Trinajstić information content (AvgIpc) is 3.35. The van der Waals surface area contributed by atoms with Gasteiger partial charge in [0.05, 0.1) is 12.7 Å². The summed E-state index contributed by atoms with van der Waals surface area (Å²) in [5.74, 6) is 1.20. The molecule has 11 heteroatoms. The third kappa shape index (κ3) is 4.41. The third-order valence-corrected chi connectivity index (χ3v) is 5.92. The van der Waals surface area contributed by atoms with Crippen LogP contribution in [-0.2, 0) is 9.47 Å². The van der Waals surface area contributed by atoms with E-state index in [-0.39, 0.29) is 23.8 Å². The number of H-pyrrole nitrogens is 1. The van der Waals surface area contributed by atoms with Crippen LogP contribution in [0.3, 0.4) is 0 Å². The Balaban J connectivity index is 1.40. The van der Waals surface area contributed by atoms with Crippen LogP contribution in [0.4, 0.5) is 30.9 Å². The molecule has 2 aromatic heterocycles. The molecule has 6 rings (SSSR count). The van der Waals surface area contributed by atoms with Gasteiger partial charge in [-0.05, 0) is 25.3 Å². The van der Waals surface area contributed by atoms with Gasteiger partial charge < -0.3 is 25.0 Å². The SMILES string of the molecule is O=C1NCCOC2CN(C2)c2cc(cc(C(F)F)n2)Nc2cc([nH]n2)[C@H]2CC[C@H](C2)O1. The number of aromatic nitrogens is 3. The summed E-state index contributed by atoms with van der Waals surface area (Å²) >= 11 is 0. The summed E-state index contributed by atoms with van der Waals surface area (Å²) in [6, 6.07) is 4.96. The fraction of sp³-hybridized carbons (Fsp3) is 0.550. The number of hydrogen-bond donors (Lipinski definition) is 3. The van der Waals surface area contributed by atoms with Crippen LogP contribution in [-0.4, -0.2) is 59.7 Å². The zero-order chi connectivity index (χ0) is 21.4. The van der Waals surface area contributed by atoms with Gasteiger partial charge in [-0.15, -0.1) is 0 Å². The Kier molecular flexibility index (Phi) is 5.34. The van der Waals surface area contributed by atoms with Crippen LogP contribution in [0.25, 0.3) is 0 Å². The van der Waals surface area contributed by atoms with Crippen LogP contribution < -0.4 is 15.5 Å². The van der Waals surface area contributed by atoms with E-state index in [1.54, 1.807) is 6.07 Å². The van der Waals surface area contributed by atoms with Crippen molar-refractivity contribution in [3.05, 3.63) is 29.6 Å². The van der Waals surface area contributed by atoms with Gasteiger partial charge in [0.2, 0.25) is 0 Å². The molecule has 8 bridgehead atoms. The molecule has 0 aromatic carbocycles. The first-order chi connectivity index (χ1) is 15.0. The molecule has 1 aliphatic carbocycles. The lowest BCUT2D eigenvalue weighted by Gasteiger charge is -2.40. The summed E-state index contributed by atoms with van der Waals surface area (Å²) in [6.07, 6.45) is -0.952. The summed E-state index contributed by atoms with van der Waals surface area (Å²) in [6.45, 7) is 1.79. The van der Waals surface area contributed by atoms with E-state index in [2.05, 4.69) is 25.8 Å². The molecule has 0 spiro atoms. The normalized spacial score (nSPS) is 26.1. The molecule has 5 heterocycles. The van der Waals surface area contributed by atoms with Crippen molar-refractivity contribution in [1.29, 1.82) is 0 Å². The molecule has 0 radical (unpaired) electrons. The van der Waals surface area contributed by atoms with Crippen LogP contribution in [0.1, 0.15) is 43.0 Å². The lowest BCUT2D eigenvalue weighted by molar-refractivity contribution is 0.0337. The molecular weight excluding hydrogens is 410 g/mol. The number of carbonyl (C=O) groups is 1. The second-order valence-corrected chi connectivity index (χ2v) is 8.13. The van der Waals surface area contributed by atoms with E-state index in [1.165, 1.54) is 6.07 Å². The van der Waals surface area contributed by atoms with E-state index in [0.717, 1.165) is 18.5 Å². The van der Waals surface area contributed by atoms with Crippen molar-refractivity contribution >= 4 is 23.4 Å². The number of nitrogens with zero attached hydrogens (tertiary/aromatic N) is 3. The molecule has 1 saturated heterocycles. The van der Waals surface area contributed by atoms with Crippen LogP contribution in [0.15, 0.2) is 18.2 Å². The Morgan fingerprint density at radius 3 is 2.87 bits per heavy atom. The van der Waals surface area contributed by atoms with Crippen molar-refractivity contribution < 1.29 is 23.0 Å². The predicted molar refractivity (Wildman–Crippen MR) is 108 cm³/mol.